The summed E-state index contributed by atoms with van der Waals surface area (Å²) in [5, 5.41) is 107. The SMILES string of the molecule is CC1OC(O[C@H]2/C=C/C=C/C=C/C=C/C=C/C=C/C=C/[C@H](C)[C@@H](O)[C@@H](C)[C@H](C)OC(=O)C[C@H](O)C[C@H](O)CCC[C@H](O)C[C@H](O)C[C@]3(O)C[C@H](O)C(C(=O)O)[C@H](C2)O3)C(O)C(N)C1O. The number of ether oxygens (including phenoxy) is 4. The van der Waals surface area contributed by atoms with Gasteiger partial charge in [0.1, 0.15) is 18.1 Å². The summed E-state index contributed by atoms with van der Waals surface area (Å²) in [6.45, 7) is 6.82. The van der Waals surface area contributed by atoms with Gasteiger partial charge < -0.3 is 75.7 Å². The van der Waals surface area contributed by atoms with Gasteiger partial charge in [-0.3, -0.25) is 9.59 Å². The number of allylic oxidation sites excluding steroid dienone is 12. The number of aliphatic hydroxyl groups is 9. The van der Waals surface area contributed by atoms with Crippen molar-refractivity contribution in [1.82, 2.24) is 0 Å². The molecule has 3 rings (SSSR count). The van der Waals surface area contributed by atoms with Crippen molar-refractivity contribution in [1.29, 1.82) is 0 Å². The monoisotopic (exact) mass is 907 g/mol. The van der Waals surface area contributed by atoms with Crippen molar-refractivity contribution in [2.45, 2.75) is 177 Å². The first-order chi connectivity index (χ1) is 30.2. The topological polar surface area (TPSA) is 299 Å². The normalized spacial score (nSPS) is 44.8. The van der Waals surface area contributed by atoms with Crippen LogP contribution in [-0.2, 0) is 28.5 Å². The first-order valence-electron chi connectivity index (χ1n) is 22.2. The predicted octanol–water partition coefficient (Wildman–Crippen LogP) is 1.74. The van der Waals surface area contributed by atoms with E-state index in [1.54, 1.807) is 63.3 Å². The fourth-order valence-corrected chi connectivity index (χ4v) is 8.00. The van der Waals surface area contributed by atoms with E-state index in [1.807, 2.05) is 43.4 Å². The molecule has 0 aliphatic carbocycles. The van der Waals surface area contributed by atoms with Crippen molar-refractivity contribution in [3.63, 3.8) is 0 Å². The smallest absolute Gasteiger partial charge is 0.311 e. The number of carbonyl (C=O) groups excluding carboxylic acids is 1. The molecule has 0 radical (unpaired) electrons. The Bertz CT molecular complexity index is 1630. The number of hydrogen-bond donors (Lipinski definition) is 11. The zero-order valence-corrected chi connectivity index (χ0v) is 37.3. The molecule has 17 nitrogen and oxygen atoms in total. The van der Waals surface area contributed by atoms with Gasteiger partial charge >= 0.3 is 11.9 Å². The number of cyclic esters (lactones) is 1. The summed E-state index contributed by atoms with van der Waals surface area (Å²) in [4.78, 5) is 25.1. The number of nitrogens with two attached hydrogens (primary N) is 1. The highest BCUT2D eigenvalue weighted by Crippen LogP contribution is 2.38. The van der Waals surface area contributed by atoms with Gasteiger partial charge in [0.15, 0.2) is 12.1 Å². The van der Waals surface area contributed by atoms with Gasteiger partial charge in [0.25, 0.3) is 0 Å². The Morgan fingerprint density at radius 1 is 0.688 bits per heavy atom. The van der Waals surface area contributed by atoms with Gasteiger partial charge in [0.2, 0.25) is 0 Å². The van der Waals surface area contributed by atoms with Gasteiger partial charge in [-0.15, -0.1) is 0 Å². The van der Waals surface area contributed by atoms with E-state index in [2.05, 4.69) is 0 Å². The summed E-state index contributed by atoms with van der Waals surface area (Å²) in [7, 11) is 0. The van der Waals surface area contributed by atoms with Crippen LogP contribution in [0.4, 0.5) is 0 Å². The largest absolute Gasteiger partial charge is 0.481 e. The number of rotatable bonds is 3. The van der Waals surface area contributed by atoms with Crippen LogP contribution >= 0.6 is 0 Å². The summed E-state index contributed by atoms with van der Waals surface area (Å²) in [6.07, 6.45) is 7.89. The first kappa shape index (κ1) is 54.9. The van der Waals surface area contributed by atoms with Crippen molar-refractivity contribution >= 4 is 11.9 Å². The summed E-state index contributed by atoms with van der Waals surface area (Å²) < 4.78 is 23.2. The van der Waals surface area contributed by atoms with E-state index in [0.717, 1.165) is 0 Å². The van der Waals surface area contributed by atoms with Gasteiger partial charge in [-0.2, -0.15) is 0 Å². The van der Waals surface area contributed by atoms with E-state index in [1.165, 1.54) is 6.08 Å². The summed E-state index contributed by atoms with van der Waals surface area (Å²) in [5.41, 5.74) is 6.02. The minimum Gasteiger partial charge on any atom is -0.481 e. The fourth-order valence-electron chi connectivity index (χ4n) is 8.00. The van der Waals surface area contributed by atoms with Crippen LogP contribution in [0.25, 0.3) is 0 Å². The molecule has 362 valence electrons. The number of aliphatic carboxylic acids is 1. The molecule has 64 heavy (non-hydrogen) atoms. The van der Waals surface area contributed by atoms with Crippen LogP contribution in [0.5, 0.6) is 0 Å². The lowest BCUT2D eigenvalue weighted by molar-refractivity contribution is -0.308. The number of hydrogen-bond acceptors (Lipinski definition) is 16. The molecule has 2 saturated heterocycles. The van der Waals surface area contributed by atoms with Crippen molar-refractivity contribution in [3.05, 3.63) is 85.1 Å². The second kappa shape index (κ2) is 27.3. The molecule has 0 aromatic rings. The average Bonchev–Trinajstić information content (AvgIpc) is 3.20. The van der Waals surface area contributed by atoms with E-state index < -0.39 is 128 Å². The lowest BCUT2D eigenvalue weighted by Gasteiger charge is -2.45. The molecule has 0 aromatic heterocycles. The second-order valence-corrected chi connectivity index (χ2v) is 17.4. The molecule has 2 fully saturated rings. The Labute approximate surface area is 376 Å². The molecular weight excluding hydrogens is 835 g/mol. The quantitative estimate of drug-likeness (QED) is 0.180. The van der Waals surface area contributed by atoms with Crippen LogP contribution in [0.1, 0.15) is 85.5 Å². The maximum Gasteiger partial charge on any atom is 0.311 e. The molecular formula is C47H73NO16. The lowest BCUT2D eigenvalue weighted by atomic mass is 9.82. The number of fused-ring (bicyclic) bond motifs is 2. The van der Waals surface area contributed by atoms with Gasteiger partial charge in [0.05, 0.1) is 73.5 Å². The third kappa shape index (κ3) is 18.5. The molecule has 3 heterocycles. The number of esters is 1. The first-order valence-corrected chi connectivity index (χ1v) is 22.2. The van der Waals surface area contributed by atoms with E-state index in [0.29, 0.717) is 0 Å². The molecule has 3 aliphatic heterocycles. The summed E-state index contributed by atoms with van der Waals surface area (Å²) in [6, 6.07) is -1.13. The van der Waals surface area contributed by atoms with Crippen LogP contribution in [0.3, 0.4) is 0 Å². The molecule has 3 aliphatic rings. The highest BCUT2D eigenvalue weighted by atomic mass is 16.7. The van der Waals surface area contributed by atoms with Crippen LogP contribution in [0.15, 0.2) is 85.1 Å². The highest BCUT2D eigenvalue weighted by Gasteiger charge is 2.51. The maximum absolute atomic E-state index is 12.6. The highest BCUT2D eigenvalue weighted by molar-refractivity contribution is 5.71. The summed E-state index contributed by atoms with van der Waals surface area (Å²) in [5.74, 6) is -6.55. The van der Waals surface area contributed by atoms with E-state index in [9.17, 15) is 60.7 Å². The number of carboxylic acids is 1. The van der Waals surface area contributed by atoms with Crippen LogP contribution in [-0.4, -0.2) is 154 Å². The van der Waals surface area contributed by atoms with E-state index in [-0.39, 0.29) is 50.9 Å². The Hall–Kier alpha value is -3.40. The molecule has 0 aromatic carbocycles. The zero-order chi connectivity index (χ0) is 47.6. The van der Waals surface area contributed by atoms with Crippen LogP contribution in [0.2, 0.25) is 0 Å². The standard InChI is InChI=1S/C47H73NO16/c1-28-18-15-13-11-9-7-5-6-8-10-12-14-16-21-36(63-46-44(57)41(48)43(56)31(4)62-46)25-38-40(45(58)59)37(53)27-47(60,64-38)26-35(52)23-33(50)20-17-19-32(49)22-34(51)24-39(54)61-30(3)29(2)42(28)55/h5-16,18,21,28-38,40-44,46,49-53,55-57,60H,17,19-20,22-27,48H2,1-4H3,(H,58,59)/b6-5+,9-7+,10-8+,13-11+,14-12+,18-15+,21-16+/t28-,29-,30-,31?,32+,33-,34+,35-,36-,37-,38-,40?,41?,42+,43?,44?,46?,47+/m0/s1. The van der Waals surface area contributed by atoms with Crippen LogP contribution in [0, 0.1) is 17.8 Å². The molecule has 12 N–H and O–H groups in total. The Morgan fingerprint density at radius 2 is 1.22 bits per heavy atom. The van der Waals surface area contributed by atoms with Crippen molar-refractivity contribution in [2.75, 3.05) is 0 Å². The Morgan fingerprint density at radius 3 is 1.78 bits per heavy atom. The summed E-state index contributed by atoms with van der Waals surface area (Å²) >= 11 is 0. The molecule has 6 unspecified atom stereocenters. The van der Waals surface area contributed by atoms with E-state index >= 15 is 0 Å². The molecule has 17 heteroatoms. The maximum atomic E-state index is 12.6. The molecule has 0 spiro atoms. The van der Waals surface area contributed by atoms with Crippen LogP contribution < -0.4 is 5.73 Å². The minimum atomic E-state index is -2.23. The molecule has 18 atom stereocenters. The minimum absolute atomic E-state index is 0.122. The molecule has 0 saturated carbocycles. The lowest BCUT2D eigenvalue weighted by Crippen LogP contribution is -2.61. The Balaban J connectivity index is 1.84. The molecule has 0 amide bonds. The number of carboxylic acid groups (broad SMARTS) is 1. The second-order valence-electron chi connectivity index (χ2n) is 17.4. The number of aliphatic hydroxyl groups excluding tert-OH is 8. The van der Waals surface area contributed by atoms with E-state index in [4.69, 9.17) is 24.7 Å². The van der Waals surface area contributed by atoms with Gasteiger partial charge in [0, 0.05) is 31.1 Å². The van der Waals surface area contributed by atoms with Crippen molar-refractivity contribution < 1.29 is 79.6 Å². The van der Waals surface area contributed by atoms with Crippen molar-refractivity contribution in [2.24, 2.45) is 23.5 Å². The fraction of sp³-hybridized carbons (Fsp3) is 0.660. The number of carbonyl (C=O) groups is 2. The zero-order valence-electron chi connectivity index (χ0n) is 37.3. The average molecular weight is 908 g/mol. The third-order valence-corrected chi connectivity index (χ3v) is 11.9. The van der Waals surface area contributed by atoms with Gasteiger partial charge in [-0.1, -0.05) is 98.9 Å². The van der Waals surface area contributed by atoms with Crippen molar-refractivity contribution in [3.8, 4) is 0 Å². The third-order valence-electron chi connectivity index (χ3n) is 11.9. The van der Waals surface area contributed by atoms with Gasteiger partial charge in [-0.05, 0) is 46.0 Å². The molecule has 2 bridgehead atoms. The Kier molecular flexibility index (Phi) is 23.4. The predicted molar refractivity (Wildman–Crippen MR) is 236 cm³/mol. The van der Waals surface area contributed by atoms with Gasteiger partial charge in [-0.25, -0.2) is 0 Å².